The van der Waals surface area contributed by atoms with Gasteiger partial charge in [-0.25, -0.2) is 4.79 Å². The summed E-state index contributed by atoms with van der Waals surface area (Å²) in [5.74, 6) is 2.08. The zero-order chi connectivity index (χ0) is 72.7. The minimum absolute atomic E-state index is 0.0394. The van der Waals surface area contributed by atoms with Crippen LogP contribution in [0.5, 0.6) is 17.2 Å². The maximum absolute atomic E-state index is 10.8. The molecule has 97 heavy (non-hydrogen) atoms. The smallest absolute Gasteiger partial charge is 0.329 e. The summed E-state index contributed by atoms with van der Waals surface area (Å²) in [6, 6.07) is 55.9. The van der Waals surface area contributed by atoms with Crippen molar-refractivity contribution in [3.05, 3.63) is 217 Å². The van der Waals surface area contributed by atoms with Crippen LogP contribution >= 0.6 is 0 Å². The third-order valence-corrected chi connectivity index (χ3v) is 16.8. The minimum Gasteiger partial charge on any atom is -0.493 e. The molecule has 2 saturated heterocycles. The Morgan fingerprint density at radius 1 is 0.485 bits per heavy atom. The third-order valence-electron chi connectivity index (χ3n) is 16.8. The quantitative estimate of drug-likeness (QED) is 0.0383. The second-order valence-corrected chi connectivity index (χ2v) is 25.3. The Bertz CT molecular complexity index is 4100. The van der Waals surface area contributed by atoms with Gasteiger partial charge in [0, 0.05) is 133 Å². The highest BCUT2D eigenvalue weighted by Crippen LogP contribution is 2.35. The fourth-order valence-electron chi connectivity index (χ4n) is 11.9. The first-order valence-electron chi connectivity index (χ1n) is 35.5. The molecule has 2 aliphatic heterocycles. The van der Waals surface area contributed by atoms with Crippen molar-refractivity contribution < 1.29 is 68.8 Å². The molecule has 3 N–H and O–H groups in total. The first kappa shape index (κ1) is 63.3. The van der Waals surface area contributed by atoms with Crippen molar-refractivity contribution >= 4 is 35.0 Å². The van der Waals surface area contributed by atoms with E-state index in [0.29, 0.717) is 74.2 Å². The van der Waals surface area contributed by atoms with Crippen LogP contribution in [0.25, 0.3) is 34.0 Å². The molecule has 0 bridgehead atoms. The van der Waals surface area contributed by atoms with Crippen LogP contribution in [0.15, 0.2) is 214 Å². The van der Waals surface area contributed by atoms with Gasteiger partial charge in [0.2, 0.25) is 0 Å². The van der Waals surface area contributed by atoms with Crippen molar-refractivity contribution in [1.82, 2.24) is 9.80 Å². The average Bonchev–Trinajstić information content (AvgIpc) is 0.882. The number of likely N-dealkylation sites (tertiary alicyclic amines) is 2. The zero-order valence-electron chi connectivity index (χ0n) is 60.9. The third kappa shape index (κ3) is 20.2. The van der Waals surface area contributed by atoms with E-state index in [0.717, 1.165) is 81.9 Å². The van der Waals surface area contributed by atoms with Gasteiger partial charge in [-0.2, -0.15) is 0 Å². The number of anilines is 3. The number of hydrogen-bond donors (Lipinski definition) is 3. The summed E-state index contributed by atoms with van der Waals surface area (Å²) < 4.78 is 85.6. The number of carboxylic acids is 3. The molecule has 1 saturated carbocycles. The van der Waals surface area contributed by atoms with Gasteiger partial charge in [-0.05, 0) is 182 Å². The maximum Gasteiger partial charge on any atom is 0.329 e. The highest BCUT2D eigenvalue weighted by molar-refractivity contribution is 5.70. The molecule has 3 aliphatic rings. The SMILES string of the molecule is [2H]C(C)(C)N(Cc1ccccc1OCC1CN(CC(=O)O)C1)c1ccc(-c2ccco2)cc1.[2H]C([2H])(c1ccccc1OC1CCC(OCC(=O)O)C1)N(c1ccc(-c2ccco2)cc1)C(C)C.[2H]C([2H])(c1ccccc1OCC1CN(CC(=O)O)C1)N(c1ccc(-c2ccco2)cc1)C(C)C. The highest BCUT2D eigenvalue weighted by atomic mass is 16.5. The summed E-state index contributed by atoms with van der Waals surface area (Å²) in [4.78, 5) is 41.7. The Morgan fingerprint density at radius 3 is 1.26 bits per heavy atom. The topological polar surface area (TPSA) is 204 Å². The number of aliphatic carboxylic acids is 3. The van der Waals surface area contributed by atoms with Crippen LogP contribution in [-0.4, -0.2) is 132 Å². The normalized spacial score (nSPS) is 16.7. The highest BCUT2D eigenvalue weighted by Gasteiger charge is 2.31. The molecule has 9 aromatic rings. The lowest BCUT2D eigenvalue weighted by Gasteiger charge is -2.38. The number of hydrogen-bond acceptors (Lipinski definition) is 15. The van der Waals surface area contributed by atoms with E-state index < -0.39 is 36.9 Å². The van der Waals surface area contributed by atoms with Crippen LogP contribution < -0.4 is 28.9 Å². The van der Waals surface area contributed by atoms with Crippen LogP contribution in [0.4, 0.5) is 17.1 Å². The molecule has 0 amide bonds. The summed E-state index contributed by atoms with van der Waals surface area (Å²) in [6.45, 7) is 12.0. The Morgan fingerprint density at radius 2 is 0.866 bits per heavy atom. The zero-order valence-corrected chi connectivity index (χ0v) is 55.9. The molecule has 6 aromatic carbocycles. The Kier molecular flexibility index (Phi) is 22.4. The predicted molar refractivity (Wildman–Crippen MR) is 377 cm³/mol. The van der Waals surface area contributed by atoms with Crippen molar-refractivity contribution in [3.63, 3.8) is 0 Å². The Balaban J connectivity index is 0.000000165. The fourth-order valence-corrected chi connectivity index (χ4v) is 11.9. The van der Waals surface area contributed by atoms with E-state index in [1.54, 1.807) is 52.9 Å². The Labute approximate surface area is 576 Å². The van der Waals surface area contributed by atoms with Gasteiger partial charge in [0.05, 0.1) is 58.1 Å². The lowest BCUT2D eigenvalue weighted by Crippen LogP contribution is -2.51. The van der Waals surface area contributed by atoms with Gasteiger partial charge >= 0.3 is 17.9 Å². The van der Waals surface area contributed by atoms with E-state index in [1.807, 2.05) is 214 Å². The van der Waals surface area contributed by atoms with Gasteiger partial charge in [0.1, 0.15) is 47.2 Å². The predicted octanol–water partition coefficient (Wildman–Crippen LogP) is 15.3. The molecule has 18 nitrogen and oxygen atoms in total. The van der Waals surface area contributed by atoms with E-state index in [1.165, 1.54) is 0 Å². The summed E-state index contributed by atoms with van der Waals surface area (Å²) in [7, 11) is 0. The number of rotatable bonds is 30. The van der Waals surface area contributed by atoms with E-state index in [-0.39, 0.29) is 49.9 Å². The van der Waals surface area contributed by atoms with Gasteiger partial charge in [0.25, 0.3) is 0 Å². The number of para-hydroxylation sites is 3. The van der Waals surface area contributed by atoms with Crippen LogP contribution in [0.1, 0.15) is 84.3 Å². The summed E-state index contributed by atoms with van der Waals surface area (Å²) in [5, 5.41) is 26.6. The van der Waals surface area contributed by atoms with Crippen molar-refractivity contribution in [2.24, 2.45) is 11.8 Å². The molecule has 5 heterocycles. The van der Waals surface area contributed by atoms with Crippen LogP contribution in [0, 0.1) is 11.8 Å². The summed E-state index contributed by atoms with van der Waals surface area (Å²) in [5.41, 5.74) is 7.21. The van der Waals surface area contributed by atoms with Crippen LogP contribution in [0.2, 0.25) is 0 Å². The molecule has 2 unspecified atom stereocenters. The van der Waals surface area contributed by atoms with E-state index in [2.05, 4.69) is 0 Å². The molecule has 0 spiro atoms. The lowest BCUT2D eigenvalue weighted by molar-refractivity contribution is -0.144. The van der Waals surface area contributed by atoms with Gasteiger partial charge in [-0.3, -0.25) is 19.4 Å². The molecule has 0 radical (unpaired) electrons. The van der Waals surface area contributed by atoms with E-state index >= 15 is 0 Å². The Hall–Kier alpha value is -9.75. The van der Waals surface area contributed by atoms with Gasteiger partial charge in [-0.1, -0.05) is 54.6 Å². The fraction of sp³-hybridized carbons (Fsp3) is 0.354. The number of nitrogens with zero attached hydrogens (tertiary/aromatic N) is 5. The second-order valence-electron chi connectivity index (χ2n) is 25.3. The van der Waals surface area contributed by atoms with Gasteiger partial charge < -0.3 is 62.2 Å². The van der Waals surface area contributed by atoms with E-state index in [4.69, 9.17) is 54.4 Å². The molecule has 3 aromatic heterocycles. The summed E-state index contributed by atoms with van der Waals surface area (Å²) >= 11 is 0. The molecule has 3 fully saturated rings. The number of carbonyl (C=O) groups is 3. The lowest BCUT2D eigenvalue weighted by atomic mass is 10.0. The minimum atomic E-state index is -1.85. The largest absolute Gasteiger partial charge is 0.493 e. The van der Waals surface area contributed by atoms with Gasteiger partial charge in [-0.15, -0.1) is 0 Å². The molecule has 2 atom stereocenters. The molecule has 510 valence electrons. The van der Waals surface area contributed by atoms with Crippen molar-refractivity contribution in [3.8, 4) is 51.2 Å². The maximum atomic E-state index is 10.8. The van der Waals surface area contributed by atoms with Crippen LogP contribution in [0.3, 0.4) is 0 Å². The number of carboxylic acid groups (broad SMARTS) is 3. The van der Waals surface area contributed by atoms with Crippen molar-refractivity contribution in [2.75, 3.05) is 73.8 Å². The molecular weight excluding hydrogens is 1230 g/mol. The van der Waals surface area contributed by atoms with Crippen molar-refractivity contribution in [2.45, 2.75) is 111 Å². The molecule has 12 rings (SSSR count). The summed E-state index contributed by atoms with van der Waals surface area (Å²) in [6.07, 6.45) is 6.61. The van der Waals surface area contributed by atoms with Crippen molar-refractivity contribution in [1.29, 1.82) is 0 Å². The first-order chi connectivity index (χ1) is 48.8. The number of ether oxygens (including phenoxy) is 4. The van der Waals surface area contributed by atoms with Crippen LogP contribution in [-0.2, 0) is 38.7 Å². The monoisotopic (exact) mass is 1320 g/mol. The average molecular weight is 1320 g/mol. The number of furan rings is 3. The molecular formula is C79H91N5O13. The number of benzene rings is 6. The van der Waals surface area contributed by atoms with E-state index in [9.17, 15) is 14.4 Å². The standard InChI is InChI=1S/C27H31NO5.2C26H30N2O4/c1-19(2)28(22-11-9-20(10-12-22)25-8-5-15-31-25)17-21-6-3-4-7-26(21)33-24-14-13-23(16-24)32-18-27(29)30;2*1-19(2)28(23-11-9-21(10-12-23)24-8-5-13-31-24)16-22-6-3-4-7-25(22)32-18-20-14-27(15-20)17-26(29)30/h3-12,15,19,23-24H,13-14,16-18H2,1-2H3,(H,29,30);2*3-13,19-20H,14-18H2,1-2H3,(H,29,30)/i17D2;19D;16D2. The molecule has 18 heteroatoms. The molecule has 1 aliphatic carbocycles. The van der Waals surface area contributed by atoms with Gasteiger partial charge in [0.15, 0.2) is 0 Å². The second kappa shape index (κ2) is 34.3. The first-order valence-corrected chi connectivity index (χ1v) is 33.0.